The molecule has 1 aromatic rings. The van der Waals surface area contributed by atoms with E-state index in [9.17, 15) is 5.11 Å². The Morgan fingerprint density at radius 1 is 1.33 bits per heavy atom. The molecule has 66 valence electrons. The van der Waals surface area contributed by atoms with Gasteiger partial charge in [0.05, 0.1) is 0 Å². The van der Waals surface area contributed by atoms with Crippen LogP contribution >= 0.6 is 0 Å². The van der Waals surface area contributed by atoms with Crippen LogP contribution in [0.5, 0.6) is 5.75 Å². The molecule has 12 heavy (non-hydrogen) atoms. The number of phenols is 1. The summed E-state index contributed by atoms with van der Waals surface area (Å²) in [7, 11) is 0. The van der Waals surface area contributed by atoms with Crippen LogP contribution in [0.4, 0.5) is 0 Å². The number of hydrazine groups is 1. The Hall–Kier alpha value is -1.06. The van der Waals surface area contributed by atoms with Crippen LogP contribution in [-0.4, -0.2) is 5.11 Å². The zero-order valence-electron chi connectivity index (χ0n) is 7.39. The van der Waals surface area contributed by atoms with Crippen molar-refractivity contribution in [1.29, 1.82) is 0 Å². The van der Waals surface area contributed by atoms with Crippen molar-refractivity contribution in [2.45, 2.75) is 20.4 Å². The smallest absolute Gasteiger partial charge is 0.121 e. The zero-order valence-corrected chi connectivity index (χ0v) is 7.39. The maximum absolute atomic E-state index is 9.45. The van der Waals surface area contributed by atoms with Gasteiger partial charge in [-0.3, -0.25) is 11.3 Å². The summed E-state index contributed by atoms with van der Waals surface area (Å²) in [6, 6.07) is 3.84. The molecule has 3 nitrogen and oxygen atoms in total. The number of hydrogen-bond donors (Lipinski definition) is 3. The van der Waals surface area contributed by atoms with Crippen LogP contribution in [0.15, 0.2) is 12.1 Å². The number of nitrogens with one attached hydrogen (secondary N) is 1. The van der Waals surface area contributed by atoms with Crippen molar-refractivity contribution in [3.05, 3.63) is 28.8 Å². The van der Waals surface area contributed by atoms with E-state index >= 15 is 0 Å². The number of aryl methyl sites for hydroxylation is 2. The number of hydrogen-bond acceptors (Lipinski definition) is 3. The van der Waals surface area contributed by atoms with E-state index in [1.54, 1.807) is 0 Å². The maximum Gasteiger partial charge on any atom is 0.121 e. The third-order valence-corrected chi connectivity index (χ3v) is 1.86. The quantitative estimate of drug-likeness (QED) is 0.453. The molecule has 0 bridgehead atoms. The molecule has 0 atom stereocenters. The van der Waals surface area contributed by atoms with Crippen molar-refractivity contribution in [2.75, 3.05) is 0 Å². The van der Waals surface area contributed by atoms with Gasteiger partial charge >= 0.3 is 0 Å². The van der Waals surface area contributed by atoms with E-state index in [4.69, 9.17) is 5.84 Å². The Bertz CT molecular complexity index is 261. The van der Waals surface area contributed by atoms with Crippen LogP contribution in [0.3, 0.4) is 0 Å². The Kier molecular flexibility index (Phi) is 2.68. The molecular formula is C9H14N2O. The van der Waals surface area contributed by atoms with Gasteiger partial charge in [0.2, 0.25) is 0 Å². The summed E-state index contributed by atoms with van der Waals surface area (Å²) < 4.78 is 0. The summed E-state index contributed by atoms with van der Waals surface area (Å²) in [5, 5.41) is 9.45. The average molecular weight is 166 g/mol. The summed E-state index contributed by atoms with van der Waals surface area (Å²) >= 11 is 0. The first-order valence-electron chi connectivity index (χ1n) is 3.87. The van der Waals surface area contributed by atoms with Crippen molar-refractivity contribution < 1.29 is 5.11 Å². The summed E-state index contributed by atoms with van der Waals surface area (Å²) in [6.07, 6.45) is 0. The normalized spacial score (nSPS) is 10.2. The molecule has 0 aromatic heterocycles. The van der Waals surface area contributed by atoms with E-state index in [0.29, 0.717) is 12.3 Å². The molecule has 0 fully saturated rings. The number of aromatic hydroxyl groups is 1. The van der Waals surface area contributed by atoms with Crippen molar-refractivity contribution in [1.82, 2.24) is 5.43 Å². The lowest BCUT2D eigenvalue weighted by Gasteiger charge is -2.06. The van der Waals surface area contributed by atoms with Crippen molar-refractivity contribution in [2.24, 2.45) is 5.84 Å². The first-order chi connectivity index (χ1) is 5.65. The highest BCUT2D eigenvalue weighted by Crippen LogP contribution is 2.22. The fourth-order valence-electron chi connectivity index (χ4n) is 1.27. The van der Waals surface area contributed by atoms with E-state index in [2.05, 4.69) is 5.43 Å². The molecule has 4 N–H and O–H groups in total. The Balaban J connectivity index is 3.04. The van der Waals surface area contributed by atoms with E-state index in [1.165, 1.54) is 0 Å². The van der Waals surface area contributed by atoms with Crippen LogP contribution in [0.2, 0.25) is 0 Å². The number of rotatable bonds is 2. The van der Waals surface area contributed by atoms with E-state index < -0.39 is 0 Å². The molecule has 1 aromatic carbocycles. The van der Waals surface area contributed by atoms with E-state index in [1.807, 2.05) is 26.0 Å². The molecule has 0 unspecified atom stereocenters. The number of benzene rings is 1. The lowest BCUT2D eigenvalue weighted by atomic mass is 10.1. The minimum absolute atomic E-state index is 0.371. The minimum Gasteiger partial charge on any atom is -0.507 e. The fourth-order valence-corrected chi connectivity index (χ4v) is 1.27. The lowest BCUT2D eigenvalue weighted by Crippen LogP contribution is -2.20. The largest absolute Gasteiger partial charge is 0.507 e. The second kappa shape index (κ2) is 3.56. The second-order valence-corrected chi connectivity index (χ2v) is 2.96. The summed E-state index contributed by atoms with van der Waals surface area (Å²) in [5.74, 6) is 5.56. The van der Waals surface area contributed by atoms with Gasteiger partial charge in [0.1, 0.15) is 5.75 Å². The second-order valence-electron chi connectivity index (χ2n) is 2.96. The lowest BCUT2D eigenvalue weighted by molar-refractivity contribution is 0.466. The highest BCUT2D eigenvalue weighted by molar-refractivity contribution is 5.42. The highest BCUT2D eigenvalue weighted by atomic mass is 16.3. The van der Waals surface area contributed by atoms with Gasteiger partial charge in [0.25, 0.3) is 0 Å². The highest BCUT2D eigenvalue weighted by Gasteiger charge is 2.01. The molecule has 0 aliphatic heterocycles. The van der Waals surface area contributed by atoms with Crippen molar-refractivity contribution >= 4 is 0 Å². The zero-order chi connectivity index (χ0) is 9.14. The minimum atomic E-state index is 0.371. The van der Waals surface area contributed by atoms with Crippen LogP contribution in [0.1, 0.15) is 16.7 Å². The van der Waals surface area contributed by atoms with Gasteiger partial charge < -0.3 is 5.11 Å². The first-order valence-corrected chi connectivity index (χ1v) is 3.87. The fraction of sp³-hybridized carbons (Fsp3) is 0.333. The summed E-state index contributed by atoms with van der Waals surface area (Å²) in [4.78, 5) is 0. The summed E-state index contributed by atoms with van der Waals surface area (Å²) in [6.45, 7) is 4.38. The molecular weight excluding hydrogens is 152 g/mol. The number of phenolic OH excluding ortho intramolecular Hbond substituents is 1. The predicted octanol–water partition coefficient (Wildman–Crippen LogP) is 0.972. The van der Waals surface area contributed by atoms with Crippen LogP contribution in [-0.2, 0) is 6.54 Å². The molecule has 1 rings (SSSR count). The maximum atomic E-state index is 9.45. The standard InChI is InChI=1S/C9H14N2O/c1-6-3-8(5-11-10)4-7(2)9(6)12/h3-4,11-12H,5,10H2,1-2H3. The van der Waals surface area contributed by atoms with Crippen molar-refractivity contribution in [3.63, 3.8) is 0 Å². The Morgan fingerprint density at radius 2 is 1.83 bits per heavy atom. The summed E-state index contributed by atoms with van der Waals surface area (Å²) in [5.41, 5.74) is 5.44. The molecule has 0 saturated carbocycles. The van der Waals surface area contributed by atoms with Crippen LogP contribution in [0, 0.1) is 13.8 Å². The third-order valence-electron chi connectivity index (χ3n) is 1.86. The average Bonchev–Trinajstić information content (AvgIpc) is 2.01. The van der Waals surface area contributed by atoms with Gasteiger partial charge in [-0.05, 0) is 30.5 Å². The van der Waals surface area contributed by atoms with Gasteiger partial charge in [-0.15, -0.1) is 0 Å². The van der Waals surface area contributed by atoms with Crippen LogP contribution < -0.4 is 11.3 Å². The SMILES string of the molecule is Cc1cc(CNN)cc(C)c1O. The Labute approximate surface area is 72.2 Å². The van der Waals surface area contributed by atoms with Gasteiger partial charge in [0, 0.05) is 6.54 Å². The molecule has 0 radical (unpaired) electrons. The molecule has 3 heteroatoms. The van der Waals surface area contributed by atoms with Gasteiger partial charge in [-0.2, -0.15) is 0 Å². The molecule has 0 spiro atoms. The molecule has 0 heterocycles. The molecule has 0 amide bonds. The van der Waals surface area contributed by atoms with E-state index in [0.717, 1.165) is 16.7 Å². The van der Waals surface area contributed by atoms with Crippen LogP contribution in [0.25, 0.3) is 0 Å². The molecule has 0 aliphatic carbocycles. The molecule has 0 aliphatic rings. The van der Waals surface area contributed by atoms with Gasteiger partial charge in [-0.1, -0.05) is 12.1 Å². The predicted molar refractivity (Wildman–Crippen MR) is 48.6 cm³/mol. The topological polar surface area (TPSA) is 58.3 Å². The third kappa shape index (κ3) is 1.75. The monoisotopic (exact) mass is 166 g/mol. The molecule has 0 saturated heterocycles. The van der Waals surface area contributed by atoms with Gasteiger partial charge in [-0.25, -0.2) is 0 Å². The number of nitrogens with two attached hydrogens (primary N) is 1. The van der Waals surface area contributed by atoms with Crippen molar-refractivity contribution in [3.8, 4) is 5.75 Å². The van der Waals surface area contributed by atoms with Gasteiger partial charge in [0.15, 0.2) is 0 Å². The first kappa shape index (κ1) is 9.03. The Morgan fingerprint density at radius 3 is 2.25 bits per heavy atom. The van der Waals surface area contributed by atoms with E-state index in [-0.39, 0.29) is 0 Å².